The van der Waals surface area contributed by atoms with Gasteiger partial charge in [-0.2, -0.15) is 0 Å². The van der Waals surface area contributed by atoms with Crippen molar-refractivity contribution in [2.45, 2.75) is 19.4 Å². The van der Waals surface area contributed by atoms with E-state index in [-0.39, 0.29) is 32.6 Å². The Morgan fingerprint density at radius 3 is 2.52 bits per heavy atom. The minimum absolute atomic E-state index is 0.0466. The fourth-order valence-corrected chi connectivity index (χ4v) is 2.99. The van der Waals surface area contributed by atoms with Crippen LogP contribution in [0.25, 0.3) is 11.1 Å². The molecule has 31 heavy (non-hydrogen) atoms. The Balaban J connectivity index is 2.24. The van der Waals surface area contributed by atoms with Gasteiger partial charge in [0, 0.05) is 22.3 Å². The maximum atomic E-state index is 14.7. The van der Waals surface area contributed by atoms with Gasteiger partial charge in [-0.3, -0.25) is 15.2 Å². The molecule has 1 atom stereocenters. The molecule has 0 aliphatic rings. The fourth-order valence-electron chi connectivity index (χ4n) is 2.44. The molecule has 0 bridgehead atoms. The van der Waals surface area contributed by atoms with E-state index >= 15 is 0 Å². The first-order valence-electron chi connectivity index (χ1n) is 8.59. The van der Waals surface area contributed by atoms with Crippen molar-refractivity contribution in [1.82, 2.24) is 21.2 Å². The zero-order chi connectivity index (χ0) is 23.1. The number of alkyl halides is 3. The second kappa shape index (κ2) is 11.0. The van der Waals surface area contributed by atoms with Crippen molar-refractivity contribution in [3.63, 3.8) is 0 Å². The van der Waals surface area contributed by atoms with Crippen molar-refractivity contribution in [3.8, 4) is 16.9 Å². The van der Waals surface area contributed by atoms with Crippen LogP contribution in [0.1, 0.15) is 18.7 Å². The maximum Gasteiger partial charge on any atom is 0.334 e. The van der Waals surface area contributed by atoms with Crippen LogP contribution in [0.2, 0.25) is 10.0 Å². The number of nitrogens with one attached hydrogen (secondary N) is 3. The van der Waals surface area contributed by atoms with E-state index in [0.29, 0.717) is 0 Å². The minimum atomic E-state index is -2.76. The number of hydrazine groups is 1. The number of hydrogen-bond donors (Lipinski definition) is 3. The summed E-state index contributed by atoms with van der Waals surface area (Å²) in [6, 6.07) is 1.81. The maximum absolute atomic E-state index is 14.7. The first kappa shape index (κ1) is 24.5. The van der Waals surface area contributed by atoms with Gasteiger partial charge >= 0.3 is 6.03 Å². The average Bonchev–Trinajstić information content (AvgIpc) is 2.70. The Hall–Kier alpha value is -2.79. The zero-order valence-electron chi connectivity index (χ0n) is 15.8. The molecule has 0 spiro atoms. The Bertz CT molecular complexity index is 966. The summed E-state index contributed by atoms with van der Waals surface area (Å²) in [6.07, 6.45) is -1.54. The van der Waals surface area contributed by atoms with Crippen LogP contribution in [0, 0.1) is 5.82 Å². The van der Waals surface area contributed by atoms with Crippen LogP contribution in [0.3, 0.4) is 0 Å². The van der Waals surface area contributed by atoms with E-state index in [4.69, 9.17) is 27.9 Å². The van der Waals surface area contributed by atoms with Crippen molar-refractivity contribution < 1.29 is 31.9 Å². The number of nitrogens with zero attached hydrogens (tertiary/aromatic N) is 1. The molecule has 0 aliphatic carbocycles. The van der Waals surface area contributed by atoms with Crippen LogP contribution in [0.15, 0.2) is 24.4 Å². The molecule has 168 valence electrons. The summed E-state index contributed by atoms with van der Waals surface area (Å²) in [7, 11) is 0. The number of carbonyl (C=O) groups is 2. The smallest absolute Gasteiger partial charge is 0.334 e. The van der Waals surface area contributed by atoms with E-state index in [0.717, 1.165) is 6.07 Å². The van der Waals surface area contributed by atoms with Crippen molar-refractivity contribution in [2.75, 3.05) is 13.3 Å². The molecule has 3 N–H and O–H groups in total. The lowest BCUT2D eigenvalue weighted by atomic mass is 10.0. The van der Waals surface area contributed by atoms with Gasteiger partial charge in [-0.15, -0.1) is 0 Å². The highest BCUT2D eigenvalue weighted by molar-refractivity contribution is 6.36. The average molecular weight is 483 g/mol. The monoisotopic (exact) mass is 482 g/mol. The number of halogens is 6. The molecule has 7 nitrogen and oxygen atoms in total. The predicted molar refractivity (Wildman–Crippen MR) is 105 cm³/mol. The minimum Gasteiger partial charge on any atom is -0.485 e. The largest absolute Gasteiger partial charge is 0.485 e. The lowest BCUT2D eigenvalue weighted by molar-refractivity contribution is -0.122. The van der Waals surface area contributed by atoms with E-state index in [2.05, 4.69) is 10.3 Å². The molecule has 1 unspecified atom stereocenters. The molecule has 13 heteroatoms. The molecule has 1 aromatic carbocycles. The normalized spacial score (nSPS) is 11.7. The van der Waals surface area contributed by atoms with Gasteiger partial charge in [-0.1, -0.05) is 23.2 Å². The number of aromatic nitrogens is 1. The van der Waals surface area contributed by atoms with Gasteiger partial charge < -0.3 is 10.1 Å². The number of pyridine rings is 1. The molecule has 0 fully saturated rings. The molecule has 1 heterocycles. The summed E-state index contributed by atoms with van der Waals surface area (Å²) in [5.74, 6) is -2.02. The van der Waals surface area contributed by atoms with Crippen LogP contribution >= 0.6 is 23.2 Å². The molecule has 2 aromatic rings. The number of amides is 3. The number of hydrogen-bond acceptors (Lipinski definition) is 4. The number of ether oxygens (including phenoxy) is 1. The summed E-state index contributed by atoms with van der Waals surface area (Å²) < 4.78 is 56.9. The van der Waals surface area contributed by atoms with Crippen LogP contribution in [0.4, 0.5) is 22.4 Å². The Morgan fingerprint density at radius 1 is 1.19 bits per heavy atom. The second-order valence-corrected chi connectivity index (χ2v) is 6.90. The summed E-state index contributed by atoms with van der Waals surface area (Å²) in [4.78, 5) is 26.4. The fraction of sp³-hybridized carbons (Fsp3) is 0.278. The topological polar surface area (TPSA) is 92.4 Å². The molecular weight excluding hydrogens is 467 g/mol. The Morgan fingerprint density at radius 2 is 1.90 bits per heavy atom. The zero-order valence-corrected chi connectivity index (χ0v) is 17.3. The molecule has 0 radical (unpaired) electrons. The van der Waals surface area contributed by atoms with E-state index in [1.54, 1.807) is 5.43 Å². The summed E-state index contributed by atoms with van der Waals surface area (Å²) in [6.45, 7) is -0.851. The quantitative estimate of drug-likeness (QED) is 0.407. The van der Waals surface area contributed by atoms with Crippen molar-refractivity contribution in [3.05, 3.63) is 46.0 Å². The summed E-state index contributed by atoms with van der Waals surface area (Å²) in [5.41, 5.74) is 3.79. The van der Waals surface area contributed by atoms with Crippen LogP contribution in [-0.2, 0) is 4.79 Å². The highest BCUT2D eigenvalue weighted by Gasteiger charge is 2.20. The van der Waals surface area contributed by atoms with Gasteiger partial charge in [0.25, 0.3) is 12.3 Å². The Kier molecular flexibility index (Phi) is 8.69. The van der Waals surface area contributed by atoms with Gasteiger partial charge in [0.2, 0.25) is 0 Å². The van der Waals surface area contributed by atoms with E-state index in [9.17, 15) is 27.2 Å². The SMILES string of the molecule is CC(NC(=O)NNC(=O)CF)c1ncc(-c2cc(Cl)cc(Cl)c2OCC(F)F)cc1F. The molecule has 1 aromatic heterocycles. The molecule has 0 saturated carbocycles. The summed E-state index contributed by atoms with van der Waals surface area (Å²) in [5, 5.41) is 2.41. The van der Waals surface area contributed by atoms with Crippen molar-refractivity contribution in [2.24, 2.45) is 0 Å². The van der Waals surface area contributed by atoms with Gasteiger partial charge in [0.15, 0.2) is 6.67 Å². The van der Waals surface area contributed by atoms with E-state index in [1.165, 1.54) is 25.3 Å². The highest BCUT2D eigenvalue weighted by Crippen LogP contribution is 2.39. The van der Waals surface area contributed by atoms with E-state index in [1.807, 2.05) is 5.43 Å². The van der Waals surface area contributed by atoms with Crippen LogP contribution in [0.5, 0.6) is 5.75 Å². The number of rotatable bonds is 7. The summed E-state index contributed by atoms with van der Waals surface area (Å²) >= 11 is 12.0. The molecule has 2 rings (SSSR count). The first-order valence-corrected chi connectivity index (χ1v) is 9.35. The van der Waals surface area contributed by atoms with Gasteiger partial charge in [-0.05, 0) is 25.1 Å². The van der Waals surface area contributed by atoms with Gasteiger partial charge in [-0.25, -0.2) is 27.8 Å². The van der Waals surface area contributed by atoms with Gasteiger partial charge in [0.1, 0.15) is 18.2 Å². The number of carbonyl (C=O) groups excluding carboxylic acids is 2. The van der Waals surface area contributed by atoms with Crippen molar-refractivity contribution in [1.29, 1.82) is 0 Å². The predicted octanol–water partition coefficient (Wildman–Crippen LogP) is 4.20. The third-order valence-electron chi connectivity index (χ3n) is 3.74. The molecular formula is C18H16Cl2F4N4O3. The lowest BCUT2D eigenvalue weighted by Crippen LogP contribution is -2.48. The third kappa shape index (κ3) is 6.86. The molecule has 0 saturated heterocycles. The second-order valence-electron chi connectivity index (χ2n) is 6.06. The number of urea groups is 1. The highest BCUT2D eigenvalue weighted by atomic mass is 35.5. The third-order valence-corrected chi connectivity index (χ3v) is 4.24. The Labute approximate surface area is 184 Å². The van der Waals surface area contributed by atoms with E-state index < -0.39 is 43.5 Å². The first-order chi connectivity index (χ1) is 14.6. The van der Waals surface area contributed by atoms with Crippen LogP contribution in [-0.4, -0.2) is 36.6 Å². The van der Waals surface area contributed by atoms with Crippen molar-refractivity contribution >= 4 is 35.1 Å². The number of benzene rings is 1. The lowest BCUT2D eigenvalue weighted by Gasteiger charge is -2.17. The molecule has 3 amide bonds. The standard InChI is InChI=1S/C18H16Cl2F4N4O3/c1-8(26-18(30)28-27-15(29)5-21)16-13(22)2-9(6-25-16)11-3-10(19)4-12(20)17(11)31-7-14(23)24/h2-4,6,8,14H,5,7H2,1H3,(H,27,29)(H2,26,28,30). The van der Waals surface area contributed by atoms with Crippen LogP contribution < -0.4 is 20.9 Å². The van der Waals surface area contributed by atoms with Gasteiger partial charge in [0.05, 0.1) is 16.8 Å². The molecule has 0 aliphatic heterocycles.